The summed E-state index contributed by atoms with van der Waals surface area (Å²) in [6.45, 7) is 5.46. The van der Waals surface area contributed by atoms with E-state index in [1.807, 2.05) is 0 Å². The number of aryl methyl sites for hydroxylation is 2. The summed E-state index contributed by atoms with van der Waals surface area (Å²) in [6, 6.07) is 5.08. The molecular formula is C16H15N3O4S. The highest BCUT2D eigenvalue weighted by Crippen LogP contribution is 2.28. The van der Waals surface area contributed by atoms with E-state index < -0.39 is 0 Å². The third-order valence-corrected chi connectivity index (χ3v) is 4.31. The van der Waals surface area contributed by atoms with Crippen molar-refractivity contribution in [2.24, 2.45) is 0 Å². The molecule has 124 valence electrons. The number of hydrogen-bond donors (Lipinski definition) is 1. The lowest BCUT2D eigenvalue weighted by atomic mass is 10.2. The molecule has 0 saturated heterocycles. The third-order valence-electron chi connectivity index (χ3n) is 3.38. The minimum Gasteiger partial charge on any atom is -0.462 e. The molecule has 0 bridgehead atoms. The summed E-state index contributed by atoms with van der Waals surface area (Å²) in [5.41, 5.74) is 2.08. The highest BCUT2D eigenvalue weighted by atomic mass is 32.1. The molecule has 0 radical (unpaired) electrons. The standard InChI is InChI=1S/C16H15N3O4S/c1-4-22-15(21)10-5-6-11-12(7-10)24-16(17-11)18-14(20)13-8(2)19-23-9(13)3/h5-7H,4H2,1-3H3,(H,17,18,20). The monoisotopic (exact) mass is 345 g/mol. The van der Waals surface area contributed by atoms with E-state index in [1.54, 1.807) is 39.0 Å². The molecule has 0 aliphatic heterocycles. The molecule has 0 aliphatic carbocycles. The smallest absolute Gasteiger partial charge is 0.338 e. The van der Waals surface area contributed by atoms with Crippen molar-refractivity contribution in [1.82, 2.24) is 10.1 Å². The minimum atomic E-state index is -0.380. The zero-order chi connectivity index (χ0) is 17.3. The quantitative estimate of drug-likeness (QED) is 0.729. The number of hydrogen-bond acceptors (Lipinski definition) is 7. The number of thiazole rings is 1. The van der Waals surface area contributed by atoms with Crippen molar-refractivity contribution in [1.29, 1.82) is 0 Å². The number of amides is 1. The lowest BCUT2D eigenvalue weighted by molar-refractivity contribution is 0.0526. The first-order chi connectivity index (χ1) is 11.5. The SMILES string of the molecule is CCOC(=O)c1ccc2nc(NC(=O)c3c(C)noc3C)sc2c1. The maximum atomic E-state index is 12.3. The van der Waals surface area contributed by atoms with Gasteiger partial charge in [0.1, 0.15) is 11.3 Å². The van der Waals surface area contributed by atoms with Crippen LogP contribution >= 0.6 is 11.3 Å². The van der Waals surface area contributed by atoms with Crippen molar-refractivity contribution < 1.29 is 18.8 Å². The first kappa shape index (κ1) is 16.1. The molecule has 3 aromatic rings. The maximum Gasteiger partial charge on any atom is 0.338 e. The van der Waals surface area contributed by atoms with Gasteiger partial charge >= 0.3 is 5.97 Å². The van der Waals surface area contributed by atoms with Gasteiger partial charge in [-0.15, -0.1) is 0 Å². The zero-order valence-electron chi connectivity index (χ0n) is 13.4. The number of rotatable bonds is 4. The lowest BCUT2D eigenvalue weighted by Crippen LogP contribution is -2.13. The Kier molecular flexibility index (Phi) is 4.30. The van der Waals surface area contributed by atoms with Gasteiger partial charge in [-0.2, -0.15) is 0 Å². The van der Waals surface area contributed by atoms with Gasteiger partial charge in [-0.3, -0.25) is 10.1 Å². The molecule has 1 aromatic carbocycles. The molecule has 24 heavy (non-hydrogen) atoms. The molecule has 0 aliphatic rings. The lowest BCUT2D eigenvalue weighted by Gasteiger charge is -2.00. The Balaban J connectivity index is 1.86. The third kappa shape index (κ3) is 3.00. The van der Waals surface area contributed by atoms with E-state index in [0.717, 1.165) is 4.70 Å². The van der Waals surface area contributed by atoms with Crippen molar-refractivity contribution in [3.05, 3.63) is 40.8 Å². The minimum absolute atomic E-state index is 0.318. The summed E-state index contributed by atoms with van der Waals surface area (Å²) in [6.07, 6.45) is 0. The highest BCUT2D eigenvalue weighted by Gasteiger charge is 2.19. The topological polar surface area (TPSA) is 94.3 Å². The molecule has 0 spiro atoms. The number of aromatic nitrogens is 2. The second-order valence-electron chi connectivity index (χ2n) is 5.08. The van der Waals surface area contributed by atoms with Crippen LogP contribution in [-0.2, 0) is 4.74 Å². The fourth-order valence-electron chi connectivity index (χ4n) is 2.29. The predicted octanol–water partition coefficient (Wildman–Crippen LogP) is 3.33. The molecular weight excluding hydrogens is 330 g/mol. The molecule has 1 N–H and O–H groups in total. The summed E-state index contributed by atoms with van der Waals surface area (Å²) in [5.74, 6) is -0.249. The van der Waals surface area contributed by atoms with E-state index in [4.69, 9.17) is 9.26 Å². The zero-order valence-corrected chi connectivity index (χ0v) is 14.2. The van der Waals surface area contributed by atoms with Gasteiger partial charge in [0.05, 0.1) is 28.1 Å². The van der Waals surface area contributed by atoms with Gasteiger partial charge < -0.3 is 9.26 Å². The number of fused-ring (bicyclic) bond motifs is 1. The molecule has 3 rings (SSSR count). The molecule has 0 fully saturated rings. The van der Waals surface area contributed by atoms with Crippen LogP contribution in [0.15, 0.2) is 22.7 Å². The Morgan fingerprint density at radius 2 is 2.12 bits per heavy atom. The largest absolute Gasteiger partial charge is 0.462 e. The van der Waals surface area contributed by atoms with Gasteiger partial charge in [-0.05, 0) is 39.0 Å². The number of esters is 1. The number of ether oxygens (including phenoxy) is 1. The average Bonchev–Trinajstić information content (AvgIpc) is 3.09. The first-order valence-corrected chi connectivity index (χ1v) is 8.13. The van der Waals surface area contributed by atoms with E-state index in [-0.39, 0.29) is 11.9 Å². The number of nitrogens with one attached hydrogen (secondary N) is 1. The highest BCUT2D eigenvalue weighted by molar-refractivity contribution is 7.22. The molecule has 7 nitrogen and oxygen atoms in total. The Hall–Kier alpha value is -2.74. The van der Waals surface area contributed by atoms with E-state index in [9.17, 15) is 9.59 Å². The fraction of sp³-hybridized carbons (Fsp3) is 0.250. The number of benzene rings is 1. The fourth-order valence-corrected chi connectivity index (χ4v) is 3.19. The first-order valence-electron chi connectivity index (χ1n) is 7.31. The van der Waals surface area contributed by atoms with E-state index in [2.05, 4.69) is 15.5 Å². The summed E-state index contributed by atoms with van der Waals surface area (Å²) < 4.78 is 10.8. The Morgan fingerprint density at radius 1 is 1.33 bits per heavy atom. The molecule has 0 unspecified atom stereocenters. The van der Waals surface area contributed by atoms with Crippen molar-refractivity contribution >= 4 is 38.6 Å². The Labute approximate surface area is 141 Å². The van der Waals surface area contributed by atoms with E-state index in [0.29, 0.717) is 39.8 Å². The molecule has 1 amide bonds. The molecule has 2 aromatic heterocycles. The van der Waals surface area contributed by atoms with Crippen LogP contribution in [0.5, 0.6) is 0 Å². The molecule has 2 heterocycles. The van der Waals surface area contributed by atoms with Crippen LogP contribution in [0, 0.1) is 13.8 Å². The van der Waals surface area contributed by atoms with Crippen LogP contribution in [0.3, 0.4) is 0 Å². The van der Waals surface area contributed by atoms with Gasteiger partial charge in [0.2, 0.25) is 0 Å². The van der Waals surface area contributed by atoms with Crippen LogP contribution in [0.2, 0.25) is 0 Å². The summed E-state index contributed by atoms with van der Waals surface area (Å²) in [4.78, 5) is 28.5. The van der Waals surface area contributed by atoms with Crippen LogP contribution in [0.1, 0.15) is 39.1 Å². The van der Waals surface area contributed by atoms with Crippen LogP contribution in [0.25, 0.3) is 10.2 Å². The van der Waals surface area contributed by atoms with Crippen molar-refractivity contribution in [3.8, 4) is 0 Å². The van der Waals surface area contributed by atoms with Crippen molar-refractivity contribution in [2.75, 3.05) is 11.9 Å². The molecule has 8 heteroatoms. The maximum absolute atomic E-state index is 12.3. The summed E-state index contributed by atoms with van der Waals surface area (Å²) >= 11 is 1.28. The van der Waals surface area contributed by atoms with Gasteiger partial charge in [0.25, 0.3) is 5.91 Å². The second-order valence-corrected chi connectivity index (χ2v) is 6.11. The van der Waals surface area contributed by atoms with Crippen LogP contribution < -0.4 is 5.32 Å². The van der Waals surface area contributed by atoms with E-state index in [1.165, 1.54) is 11.3 Å². The Morgan fingerprint density at radius 3 is 2.79 bits per heavy atom. The average molecular weight is 345 g/mol. The number of carbonyl (C=O) groups excluding carboxylic acids is 2. The number of carbonyl (C=O) groups is 2. The van der Waals surface area contributed by atoms with Gasteiger partial charge in [0.15, 0.2) is 5.13 Å². The van der Waals surface area contributed by atoms with Crippen LogP contribution in [0.4, 0.5) is 5.13 Å². The van der Waals surface area contributed by atoms with E-state index >= 15 is 0 Å². The van der Waals surface area contributed by atoms with Gasteiger partial charge in [-0.25, -0.2) is 9.78 Å². The van der Waals surface area contributed by atoms with Crippen LogP contribution in [-0.4, -0.2) is 28.6 Å². The summed E-state index contributed by atoms with van der Waals surface area (Å²) in [7, 11) is 0. The second kappa shape index (κ2) is 6.40. The normalized spacial score (nSPS) is 10.8. The Bertz CT molecular complexity index is 909. The van der Waals surface area contributed by atoms with Crippen molar-refractivity contribution in [2.45, 2.75) is 20.8 Å². The van der Waals surface area contributed by atoms with Gasteiger partial charge in [-0.1, -0.05) is 16.5 Å². The summed E-state index contributed by atoms with van der Waals surface area (Å²) in [5, 5.41) is 6.95. The molecule has 0 saturated carbocycles. The number of anilines is 1. The van der Waals surface area contributed by atoms with Gasteiger partial charge in [0, 0.05) is 0 Å². The van der Waals surface area contributed by atoms with Crippen molar-refractivity contribution in [3.63, 3.8) is 0 Å². The molecule has 0 atom stereocenters. The predicted molar refractivity (Wildman–Crippen MR) is 89.5 cm³/mol. The number of nitrogens with zero attached hydrogens (tertiary/aromatic N) is 2.